The van der Waals surface area contributed by atoms with Gasteiger partial charge in [-0.3, -0.25) is 9.58 Å². The molecule has 0 amide bonds. The molecule has 1 N–H and O–H groups in total. The molecule has 7 nitrogen and oxygen atoms in total. The highest BCUT2D eigenvalue weighted by molar-refractivity contribution is 5.85. The predicted octanol–water partition coefficient (Wildman–Crippen LogP) is 0.831. The van der Waals surface area contributed by atoms with E-state index in [1.54, 1.807) is 7.11 Å². The number of hydrogen-bond donors (Lipinski definition) is 1. The molecule has 0 saturated carbocycles. The lowest BCUT2D eigenvalue weighted by Crippen LogP contribution is -2.46. The quantitative estimate of drug-likeness (QED) is 0.844. The van der Waals surface area contributed by atoms with Crippen LogP contribution in [0.1, 0.15) is 17.4 Å². The van der Waals surface area contributed by atoms with E-state index in [0.29, 0.717) is 12.6 Å². The van der Waals surface area contributed by atoms with Gasteiger partial charge in [0.25, 0.3) is 0 Å². The summed E-state index contributed by atoms with van der Waals surface area (Å²) in [6.45, 7) is 5.33. The summed E-state index contributed by atoms with van der Waals surface area (Å²) in [5.41, 5.74) is 1.23. The van der Waals surface area contributed by atoms with Crippen molar-refractivity contribution in [3.63, 3.8) is 0 Å². The van der Waals surface area contributed by atoms with E-state index in [9.17, 15) is 0 Å². The van der Waals surface area contributed by atoms with Crippen molar-refractivity contribution in [1.29, 1.82) is 0 Å². The minimum absolute atomic E-state index is 0. The van der Waals surface area contributed by atoms with Gasteiger partial charge in [0.1, 0.15) is 5.82 Å². The summed E-state index contributed by atoms with van der Waals surface area (Å²) in [5, 5.41) is 7.86. The van der Waals surface area contributed by atoms with Crippen molar-refractivity contribution in [2.75, 3.05) is 33.4 Å². The largest absolute Gasteiger partial charge is 0.383 e. The van der Waals surface area contributed by atoms with Crippen LogP contribution in [0.25, 0.3) is 0 Å². The number of aromatic nitrogens is 4. The highest BCUT2D eigenvalue weighted by Crippen LogP contribution is 2.22. The molecular weight excluding hydrogens is 316 g/mol. The Morgan fingerprint density at radius 3 is 3.04 bits per heavy atom. The summed E-state index contributed by atoms with van der Waals surface area (Å²) in [6, 6.07) is 0.302. The average Bonchev–Trinajstić information content (AvgIpc) is 3.15. The lowest BCUT2D eigenvalue weighted by Gasteiger charge is -2.35. The van der Waals surface area contributed by atoms with E-state index >= 15 is 0 Å². The van der Waals surface area contributed by atoms with E-state index in [-0.39, 0.29) is 12.4 Å². The summed E-state index contributed by atoms with van der Waals surface area (Å²) in [7, 11) is 3.76. The molecule has 0 aromatic carbocycles. The first-order valence-electron chi connectivity index (χ1n) is 7.70. The lowest BCUT2D eigenvalue weighted by atomic mass is 10.1. The van der Waals surface area contributed by atoms with Gasteiger partial charge in [-0.2, -0.15) is 5.10 Å². The van der Waals surface area contributed by atoms with E-state index in [4.69, 9.17) is 4.74 Å². The zero-order valence-corrected chi connectivity index (χ0v) is 14.5. The maximum Gasteiger partial charge on any atom is 0.127 e. The fourth-order valence-corrected chi connectivity index (χ4v) is 2.92. The Morgan fingerprint density at radius 1 is 1.43 bits per heavy atom. The van der Waals surface area contributed by atoms with Crippen LogP contribution >= 0.6 is 12.4 Å². The first kappa shape index (κ1) is 17.9. The van der Waals surface area contributed by atoms with Crippen molar-refractivity contribution in [1.82, 2.24) is 29.5 Å². The Balaban J connectivity index is 0.00000192. The molecule has 1 unspecified atom stereocenters. The lowest BCUT2D eigenvalue weighted by molar-refractivity contribution is 0.144. The van der Waals surface area contributed by atoms with Crippen LogP contribution in [-0.2, 0) is 24.9 Å². The third kappa shape index (κ3) is 4.32. The van der Waals surface area contributed by atoms with Crippen molar-refractivity contribution in [3.05, 3.63) is 36.2 Å². The summed E-state index contributed by atoms with van der Waals surface area (Å²) in [4.78, 5) is 6.99. The smallest absolute Gasteiger partial charge is 0.127 e. The minimum atomic E-state index is 0. The van der Waals surface area contributed by atoms with Gasteiger partial charge < -0.3 is 14.6 Å². The number of hydrogen-bond acceptors (Lipinski definition) is 5. The number of aryl methyl sites for hydroxylation is 1. The van der Waals surface area contributed by atoms with Crippen molar-refractivity contribution in [3.8, 4) is 0 Å². The zero-order valence-electron chi connectivity index (χ0n) is 13.7. The Kier molecular flexibility index (Phi) is 6.59. The Bertz CT molecular complexity index is 598. The molecule has 2 aromatic heterocycles. The second-order valence-electron chi connectivity index (χ2n) is 5.69. The normalized spacial score (nSPS) is 18.8. The average molecular weight is 341 g/mol. The number of nitrogens with zero attached hydrogens (tertiary/aromatic N) is 5. The van der Waals surface area contributed by atoms with Crippen LogP contribution in [0, 0.1) is 0 Å². The molecule has 3 rings (SSSR count). The number of imidazole rings is 1. The number of methoxy groups -OCH3 is 1. The molecule has 1 atom stereocenters. The molecule has 1 aliphatic heterocycles. The monoisotopic (exact) mass is 340 g/mol. The van der Waals surface area contributed by atoms with Crippen molar-refractivity contribution in [2.24, 2.45) is 7.05 Å². The van der Waals surface area contributed by atoms with Crippen LogP contribution < -0.4 is 5.32 Å². The molecule has 0 radical (unpaired) electrons. The summed E-state index contributed by atoms with van der Waals surface area (Å²) < 4.78 is 9.14. The number of ether oxygens (including phenoxy) is 1. The van der Waals surface area contributed by atoms with Crippen molar-refractivity contribution in [2.45, 2.75) is 19.1 Å². The van der Waals surface area contributed by atoms with Crippen LogP contribution in [0.3, 0.4) is 0 Å². The van der Waals surface area contributed by atoms with E-state index in [0.717, 1.165) is 38.5 Å². The summed E-state index contributed by atoms with van der Waals surface area (Å²) >= 11 is 0. The van der Waals surface area contributed by atoms with Crippen LogP contribution in [0.15, 0.2) is 24.8 Å². The highest BCUT2D eigenvalue weighted by atomic mass is 35.5. The maximum absolute atomic E-state index is 5.09. The van der Waals surface area contributed by atoms with Gasteiger partial charge in [-0.05, 0) is 0 Å². The van der Waals surface area contributed by atoms with Gasteiger partial charge in [-0.25, -0.2) is 4.98 Å². The number of nitrogens with one attached hydrogen (secondary N) is 1. The van der Waals surface area contributed by atoms with Crippen LogP contribution in [0.4, 0.5) is 0 Å². The fraction of sp³-hybridized carbons (Fsp3) is 0.600. The third-order valence-corrected chi connectivity index (χ3v) is 4.11. The topological polar surface area (TPSA) is 60.1 Å². The molecule has 3 heterocycles. The molecule has 1 fully saturated rings. The second-order valence-corrected chi connectivity index (χ2v) is 5.69. The second kappa shape index (κ2) is 8.44. The molecule has 128 valence electrons. The standard InChI is InChI=1S/C15H24N6O.ClH/c1-19-5-4-17-15(19)14-10-16-3-6-20(14)11-13-9-18-21(12-13)7-8-22-2;/h4-5,9,12,14,16H,3,6-8,10-11H2,1-2H3;1H. The fourth-order valence-electron chi connectivity index (χ4n) is 2.92. The molecule has 8 heteroatoms. The molecule has 2 aromatic rings. The summed E-state index contributed by atoms with van der Waals surface area (Å²) in [6.07, 6.45) is 7.93. The first-order valence-corrected chi connectivity index (χ1v) is 7.70. The zero-order chi connectivity index (χ0) is 15.4. The van der Waals surface area contributed by atoms with Gasteiger partial charge in [0, 0.05) is 64.5 Å². The SMILES string of the molecule is COCCn1cc(CN2CCNCC2c2nccn2C)cn1.Cl. The van der Waals surface area contributed by atoms with Gasteiger partial charge in [-0.15, -0.1) is 12.4 Å². The first-order chi connectivity index (χ1) is 10.8. The van der Waals surface area contributed by atoms with Gasteiger partial charge in [-0.1, -0.05) is 0 Å². The molecule has 1 saturated heterocycles. The van der Waals surface area contributed by atoms with Crippen LogP contribution in [-0.4, -0.2) is 57.6 Å². The Labute approximate surface area is 143 Å². The van der Waals surface area contributed by atoms with Crippen LogP contribution in [0.2, 0.25) is 0 Å². The van der Waals surface area contributed by atoms with Crippen molar-refractivity contribution < 1.29 is 4.74 Å². The maximum atomic E-state index is 5.09. The van der Waals surface area contributed by atoms with Gasteiger partial charge in [0.2, 0.25) is 0 Å². The molecule has 23 heavy (non-hydrogen) atoms. The Hall–Kier alpha value is -1.41. The molecule has 0 bridgehead atoms. The number of piperazine rings is 1. The predicted molar refractivity (Wildman–Crippen MR) is 90.6 cm³/mol. The molecular formula is C15H25ClN6O. The third-order valence-electron chi connectivity index (χ3n) is 4.11. The number of halogens is 1. The number of rotatable bonds is 6. The van der Waals surface area contributed by atoms with Crippen molar-refractivity contribution >= 4 is 12.4 Å². The van der Waals surface area contributed by atoms with E-state index in [1.807, 2.05) is 23.3 Å². The van der Waals surface area contributed by atoms with E-state index < -0.39 is 0 Å². The summed E-state index contributed by atoms with van der Waals surface area (Å²) in [5.74, 6) is 1.11. The molecule has 1 aliphatic rings. The molecule has 0 aliphatic carbocycles. The van der Waals surface area contributed by atoms with Crippen LogP contribution in [0.5, 0.6) is 0 Å². The Morgan fingerprint density at radius 2 is 2.30 bits per heavy atom. The highest BCUT2D eigenvalue weighted by Gasteiger charge is 2.26. The van der Waals surface area contributed by atoms with E-state index in [2.05, 4.69) is 38.1 Å². The van der Waals surface area contributed by atoms with Gasteiger partial charge in [0.05, 0.1) is 25.4 Å². The molecule has 0 spiro atoms. The van der Waals surface area contributed by atoms with Gasteiger partial charge in [0.15, 0.2) is 0 Å². The van der Waals surface area contributed by atoms with Gasteiger partial charge >= 0.3 is 0 Å². The minimum Gasteiger partial charge on any atom is -0.383 e. The van der Waals surface area contributed by atoms with E-state index in [1.165, 1.54) is 5.56 Å².